The van der Waals surface area contributed by atoms with Crippen LogP contribution in [0.25, 0.3) is 0 Å². The normalized spacial score (nSPS) is 15.3. The Balaban J connectivity index is 4.06. The molecule has 0 aliphatic heterocycles. The topological polar surface area (TPSA) is 46.2 Å². The van der Waals surface area contributed by atoms with Crippen LogP contribution in [0.5, 0.6) is 0 Å². The molecule has 0 aromatic rings. The highest BCUT2D eigenvalue weighted by Gasteiger charge is 2.21. The maximum absolute atomic E-state index is 11.6. The van der Waals surface area contributed by atoms with Crippen LogP contribution in [0, 0.1) is 11.3 Å². The predicted molar refractivity (Wildman–Crippen MR) is 68.8 cm³/mol. The number of nitrogens with one attached hydrogen (secondary N) is 1. The zero-order chi connectivity index (χ0) is 12.1. The van der Waals surface area contributed by atoms with Gasteiger partial charge in [-0.2, -0.15) is 0 Å². The second kappa shape index (κ2) is 6.21. The van der Waals surface area contributed by atoms with Gasteiger partial charge in [0.15, 0.2) is 0 Å². The molecule has 0 saturated heterocycles. The zero-order valence-electron chi connectivity index (χ0n) is 10.0. The Labute approximate surface area is 102 Å². The van der Waals surface area contributed by atoms with Crippen molar-refractivity contribution in [1.82, 2.24) is 4.72 Å². The molecule has 0 aromatic carbocycles. The molecule has 1 atom stereocenters. The molecule has 92 valence electrons. The van der Waals surface area contributed by atoms with Crippen molar-refractivity contribution in [2.24, 2.45) is 11.3 Å². The van der Waals surface area contributed by atoms with E-state index in [1.807, 2.05) is 27.7 Å². The largest absolute Gasteiger partial charge is 0.215 e. The Bertz CT molecular complexity index is 270. The van der Waals surface area contributed by atoms with Crippen molar-refractivity contribution >= 4 is 26.0 Å². The molecule has 0 amide bonds. The van der Waals surface area contributed by atoms with Crippen LogP contribution >= 0.6 is 15.9 Å². The summed E-state index contributed by atoms with van der Waals surface area (Å²) in [6.07, 6.45) is 0.984. The maximum atomic E-state index is 11.6. The summed E-state index contributed by atoms with van der Waals surface area (Å²) in [4.78, 5) is 0. The van der Waals surface area contributed by atoms with Crippen molar-refractivity contribution in [3.05, 3.63) is 0 Å². The van der Waals surface area contributed by atoms with Crippen molar-refractivity contribution in [3.8, 4) is 0 Å². The lowest BCUT2D eigenvalue weighted by Crippen LogP contribution is -2.35. The molecule has 0 heterocycles. The van der Waals surface area contributed by atoms with Crippen molar-refractivity contribution in [2.45, 2.75) is 34.1 Å². The maximum Gasteiger partial charge on any atom is 0.212 e. The molecule has 15 heavy (non-hydrogen) atoms. The van der Waals surface area contributed by atoms with E-state index in [4.69, 9.17) is 0 Å². The minimum Gasteiger partial charge on any atom is -0.215 e. The molecule has 0 spiro atoms. The van der Waals surface area contributed by atoms with Crippen molar-refractivity contribution in [3.63, 3.8) is 0 Å². The zero-order valence-corrected chi connectivity index (χ0v) is 12.4. The summed E-state index contributed by atoms with van der Waals surface area (Å²) in [5, 5.41) is 0.912. The van der Waals surface area contributed by atoms with Crippen molar-refractivity contribution < 1.29 is 8.42 Å². The first-order valence-corrected chi connectivity index (χ1v) is 7.97. The number of rotatable bonds is 6. The molecule has 0 fully saturated rings. The first kappa shape index (κ1) is 15.4. The fraction of sp³-hybridized carbons (Fsp3) is 1.00. The summed E-state index contributed by atoms with van der Waals surface area (Å²) in [5.41, 5.74) is -0.190. The molecule has 0 aliphatic carbocycles. The highest BCUT2D eigenvalue weighted by Crippen LogP contribution is 2.15. The van der Waals surface area contributed by atoms with Crippen LogP contribution in [0.1, 0.15) is 34.1 Å². The predicted octanol–water partition coefficient (Wildman–Crippen LogP) is 2.37. The van der Waals surface area contributed by atoms with E-state index in [2.05, 4.69) is 20.7 Å². The quantitative estimate of drug-likeness (QED) is 0.766. The summed E-state index contributed by atoms with van der Waals surface area (Å²) < 4.78 is 25.9. The average molecular weight is 300 g/mol. The van der Waals surface area contributed by atoms with Crippen LogP contribution in [0.2, 0.25) is 0 Å². The highest BCUT2D eigenvalue weighted by atomic mass is 79.9. The lowest BCUT2D eigenvalue weighted by atomic mass is 10.0. The van der Waals surface area contributed by atoms with Crippen LogP contribution in [0.15, 0.2) is 0 Å². The van der Waals surface area contributed by atoms with Gasteiger partial charge in [-0.25, -0.2) is 13.1 Å². The Morgan fingerprint density at radius 3 is 2.27 bits per heavy atom. The third-order valence-electron chi connectivity index (χ3n) is 1.88. The smallest absolute Gasteiger partial charge is 0.212 e. The van der Waals surface area contributed by atoms with Gasteiger partial charge in [0.2, 0.25) is 10.0 Å². The van der Waals surface area contributed by atoms with Gasteiger partial charge in [-0.05, 0) is 17.8 Å². The Kier molecular flexibility index (Phi) is 6.37. The van der Waals surface area contributed by atoms with Crippen molar-refractivity contribution in [1.29, 1.82) is 0 Å². The average Bonchev–Trinajstić information content (AvgIpc) is 1.97. The molecular weight excluding hydrogens is 278 g/mol. The molecule has 0 aliphatic rings. The first-order chi connectivity index (χ1) is 6.66. The van der Waals surface area contributed by atoms with E-state index in [1.54, 1.807) is 0 Å². The summed E-state index contributed by atoms with van der Waals surface area (Å²) in [7, 11) is -3.12. The molecule has 3 nitrogen and oxygen atoms in total. The van der Waals surface area contributed by atoms with E-state index >= 15 is 0 Å². The molecule has 0 saturated carbocycles. The molecular formula is C10H22BrNO2S. The summed E-state index contributed by atoms with van der Waals surface area (Å²) in [5.74, 6) is 0.556. The van der Waals surface area contributed by atoms with E-state index in [9.17, 15) is 8.42 Å². The fourth-order valence-electron chi connectivity index (χ4n) is 1.18. The van der Waals surface area contributed by atoms with E-state index in [0.29, 0.717) is 12.5 Å². The minimum absolute atomic E-state index is 0.182. The van der Waals surface area contributed by atoms with Gasteiger partial charge in [-0.3, -0.25) is 0 Å². The van der Waals surface area contributed by atoms with Crippen LogP contribution < -0.4 is 4.72 Å². The van der Waals surface area contributed by atoms with Gasteiger partial charge in [0.25, 0.3) is 0 Å². The van der Waals surface area contributed by atoms with Crippen LogP contribution in [0.4, 0.5) is 0 Å². The molecule has 0 aromatic heterocycles. The van der Waals surface area contributed by atoms with Gasteiger partial charge in [-0.1, -0.05) is 43.6 Å². The van der Waals surface area contributed by atoms with E-state index in [-0.39, 0.29) is 11.2 Å². The number of halogens is 1. The van der Waals surface area contributed by atoms with Gasteiger partial charge in [0.05, 0.1) is 5.75 Å². The summed E-state index contributed by atoms with van der Waals surface area (Å²) in [6, 6.07) is 0. The van der Waals surface area contributed by atoms with E-state index < -0.39 is 10.0 Å². The number of hydrogen-bond acceptors (Lipinski definition) is 2. The molecule has 5 heteroatoms. The molecule has 1 N–H and O–H groups in total. The van der Waals surface area contributed by atoms with Gasteiger partial charge in [-0.15, -0.1) is 0 Å². The van der Waals surface area contributed by atoms with Crippen molar-refractivity contribution in [2.75, 3.05) is 17.6 Å². The molecule has 0 bridgehead atoms. The molecule has 0 rings (SSSR count). The number of alkyl halides is 1. The van der Waals surface area contributed by atoms with Gasteiger partial charge < -0.3 is 0 Å². The standard InChI is InChI=1S/C10H22BrNO2S/c1-9(5-6-11)7-12-15(13,14)8-10(2,3)4/h9,12H,5-8H2,1-4H3. The summed E-state index contributed by atoms with van der Waals surface area (Å²) in [6.45, 7) is 8.35. The van der Waals surface area contributed by atoms with Gasteiger partial charge in [0, 0.05) is 11.9 Å². The number of sulfonamides is 1. The van der Waals surface area contributed by atoms with E-state index in [0.717, 1.165) is 11.8 Å². The third kappa shape index (κ3) is 9.33. The minimum atomic E-state index is -3.12. The molecule has 0 radical (unpaired) electrons. The Hall–Kier alpha value is 0.390. The second-order valence-corrected chi connectivity index (χ2v) is 7.85. The monoisotopic (exact) mass is 299 g/mol. The van der Waals surface area contributed by atoms with Gasteiger partial charge >= 0.3 is 0 Å². The Morgan fingerprint density at radius 2 is 1.87 bits per heavy atom. The lowest BCUT2D eigenvalue weighted by Gasteiger charge is -2.19. The Morgan fingerprint density at radius 1 is 1.33 bits per heavy atom. The van der Waals surface area contributed by atoms with E-state index in [1.165, 1.54) is 0 Å². The van der Waals surface area contributed by atoms with Gasteiger partial charge in [0.1, 0.15) is 0 Å². The first-order valence-electron chi connectivity index (χ1n) is 5.19. The number of hydrogen-bond donors (Lipinski definition) is 1. The third-order valence-corrected chi connectivity index (χ3v) is 4.19. The molecule has 1 unspecified atom stereocenters. The second-order valence-electron chi connectivity index (χ2n) is 5.25. The summed E-state index contributed by atoms with van der Waals surface area (Å²) >= 11 is 3.34. The SMILES string of the molecule is CC(CCBr)CNS(=O)(=O)CC(C)(C)C. The van der Waals surface area contributed by atoms with Crippen LogP contribution in [-0.2, 0) is 10.0 Å². The fourth-order valence-corrected chi connectivity index (χ4v) is 3.74. The highest BCUT2D eigenvalue weighted by molar-refractivity contribution is 9.09. The lowest BCUT2D eigenvalue weighted by molar-refractivity contribution is 0.454. The van der Waals surface area contributed by atoms with Crippen LogP contribution in [-0.4, -0.2) is 26.0 Å². The van der Waals surface area contributed by atoms with Crippen LogP contribution in [0.3, 0.4) is 0 Å².